The number of pyridine rings is 1. The molecule has 2 aliphatic heterocycles. The molecule has 0 radical (unpaired) electrons. The largest absolute Gasteiger partial charge is 0.494 e. The van der Waals surface area contributed by atoms with Gasteiger partial charge in [0.2, 0.25) is 5.82 Å². The maximum Gasteiger partial charge on any atom is 0.292 e. The Morgan fingerprint density at radius 2 is 1.90 bits per heavy atom. The Labute approximate surface area is 228 Å². The molecule has 2 fully saturated rings. The molecule has 2 saturated heterocycles. The fourth-order valence-corrected chi connectivity index (χ4v) is 6.15. The van der Waals surface area contributed by atoms with E-state index in [0.29, 0.717) is 22.7 Å². The minimum atomic E-state index is -0.442. The van der Waals surface area contributed by atoms with Crippen LogP contribution in [0.1, 0.15) is 47.9 Å². The van der Waals surface area contributed by atoms with Gasteiger partial charge < -0.3 is 20.4 Å². The topological polar surface area (TPSA) is 140 Å². The second-order valence-corrected chi connectivity index (χ2v) is 10.3. The number of nitrogens with two attached hydrogens (primary N) is 1. The quantitative estimate of drug-likeness (QED) is 0.343. The van der Waals surface area contributed by atoms with Crippen LogP contribution in [-0.4, -0.2) is 64.8 Å². The maximum atomic E-state index is 14.2. The van der Waals surface area contributed by atoms with Gasteiger partial charge >= 0.3 is 0 Å². The van der Waals surface area contributed by atoms with Crippen molar-refractivity contribution in [1.29, 1.82) is 0 Å². The van der Waals surface area contributed by atoms with Crippen LogP contribution in [0.5, 0.6) is 5.75 Å². The molecule has 4 aromatic heterocycles. The predicted octanol–water partition coefficient (Wildman–Crippen LogP) is 3.86. The number of rotatable bonds is 5. The first kappa shape index (κ1) is 24.2. The van der Waals surface area contributed by atoms with Gasteiger partial charge in [-0.3, -0.25) is 9.78 Å². The number of fused-ring (bicyclic) bond motifs is 3. The molecule has 1 aromatic carbocycles. The molecule has 7 rings (SSSR count). The SMILES string of the molecule is COc1ccc(-c2ccc(-c3cnn4c(N)cc([C@@H]5C[C@H]6CC[C@@H](C5)N6C(=O)c5nnc[nH]5)nc34)cn2)cc1F. The number of anilines is 1. The van der Waals surface area contributed by atoms with Crippen LogP contribution >= 0.6 is 0 Å². The number of nitrogens with zero attached hydrogens (tertiary/aromatic N) is 7. The van der Waals surface area contributed by atoms with Crippen molar-refractivity contribution >= 4 is 17.4 Å². The molecule has 0 spiro atoms. The van der Waals surface area contributed by atoms with E-state index in [0.717, 1.165) is 42.5 Å². The number of halogens is 1. The summed E-state index contributed by atoms with van der Waals surface area (Å²) in [6.07, 6.45) is 8.39. The van der Waals surface area contributed by atoms with E-state index in [4.69, 9.17) is 15.5 Å². The van der Waals surface area contributed by atoms with E-state index >= 15 is 0 Å². The highest BCUT2D eigenvalue weighted by molar-refractivity contribution is 5.91. The van der Waals surface area contributed by atoms with E-state index in [2.05, 4.69) is 25.3 Å². The Morgan fingerprint density at radius 3 is 2.58 bits per heavy atom. The van der Waals surface area contributed by atoms with E-state index in [1.807, 2.05) is 23.1 Å². The van der Waals surface area contributed by atoms with Gasteiger partial charge in [0.05, 0.1) is 19.0 Å². The van der Waals surface area contributed by atoms with Crippen molar-refractivity contribution in [3.8, 4) is 28.1 Å². The smallest absolute Gasteiger partial charge is 0.292 e. The highest BCUT2D eigenvalue weighted by Gasteiger charge is 2.45. The minimum absolute atomic E-state index is 0.0993. The van der Waals surface area contributed by atoms with Crippen molar-refractivity contribution in [2.24, 2.45) is 0 Å². The van der Waals surface area contributed by atoms with Crippen LogP contribution in [0.4, 0.5) is 10.2 Å². The van der Waals surface area contributed by atoms with E-state index in [1.54, 1.807) is 29.0 Å². The van der Waals surface area contributed by atoms with Crippen LogP contribution in [0.3, 0.4) is 0 Å². The predicted molar refractivity (Wildman–Crippen MR) is 144 cm³/mol. The first-order valence-corrected chi connectivity index (χ1v) is 13.1. The molecule has 202 valence electrons. The zero-order valence-electron chi connectivity index (χ0n) is 21.7. The van der Waals surface area contributed by atoms with Gasteiger partial charge in [0.25, 0.3) is 5.91 Å². The van der Waals surface area contributed by atoms with Crippen molar-refractivity contribution in [3.05, 3.63) is 72.5 Å². The molecule has 3 atom stereocenters. The van der Waals surface area contributed by atoms with Crippen LogP contribution < -0.4 is 10.5 Å². The third-order valence-electron chi connectivity index (χ3n) is 8.05. The number of H-pyrrole nitrogens is 1. The number of nitrogen functional groups attached to an aromatic ring is 1. The van der Waals surface area contributed by atoms with Gasteiger partial charge in [0.1, 0.15) is 12.1 Å². The van der Waals surface area contributed by atoms with Gasteiger partial charge in [0, 0.05) is 52.6 Å². The average Bonchev–Trinajstić information content (AvgIpc) is 3.71. The molecular weight excluding hydrogens is 513 g/mol. The number of amides is 1. The highest BCUT2D eigenvalue weighted by Crippen LogP contribution is 2.43. The molecule has 3 N–H and O–H groups in total. The number of aromatic amines is 1. The number of methoxy groups -OCH3 is 1. The Kier molecular flexibility index (Phi) is 5.68. The lowest BCUT2D eigenvalue weighted by Crippen LogP contribution is -2.46. The Morgan fingerprint density at radius 1 is 1.10 bits per heavy atom. The molecule has 40 heavy (non-hydrogen) atoms. The molecule has 12 heteroatoms. The van der Waals surface area contributed by atoms with E-state index in [1.165, 1.54) is 19.5 Å². The van der Waals surface area contributed by atoms with Crippen LogP contribution in [0.25, 0.3) is 28.0 Å². The van der Waals surface area contributed by atoms with Gasteiger partial charge in [-0.2, -0.15) is 9.61 Å². The molecule has 11 nitrogen and oxygen atoms in total. The van der Waals surface area contributed by atoms with Gasteiger partial charge in [-0.05, 0) is 49.9 Å². The number of aromatic nitrogens is 7. The normalized spacial score (nSPS) is 20.2. The van der Waals surface area contributed by atoms with E-state index in [-0.39, 0.29) is 35.5 Å². The first-order valence-electron chi connectivity index (χ1n) is 13.1. The third kappa shape index (κ3) is 3.94. The summed E-state index contributed by atoms with van der Waals surface area (Å²) in [5.41, 5.74) is 10.9. The van der Waals surface area contributed by atoms with Gasteiger partial charge in [-0.1, -0.05) is 6.07 Å². The zero-order chi connectivity index (χ0) is 27.4. The van der Waals surface area contributed by atoms with Crippen molar-refractivity contribution in [2.45, 2.75) is 43.7 Å². The molecule has 2 aliphatic rings. The third-order valence-corrected chi connectivity index (χ3v) is 8.05. The second kappa shape index (κ2) is 9.40. The maximum absolute atomic E-state index is 14.2. The molecule has 0 saturated carbocycles. The summed E-state index contributed by atoms with van der Waals surface area (Å²) in [5.74, 6) is 0.583. The van der Waals surface area contributed by atoms with Gasteiger partial charge in [-0.25, -0.2) is 9.37 Å². The summed E-state index contributed by atoms with van der Waals surface area (Å²) in [5, 5.41) is 12.1. The summed E-state index contributed by atoms with van der Waals surface area (Å²) < 4.78 is 20.8. The molecular formula is C28H26FN9O2. The molecule has 0 aliphatic carbocycles. The van der Waals surface area contributed by atoms with Crippen LogP contribution in [0, 0.1) is 5.82 Å². The number of carbonyl (C=O) groups excluding carboxylic acids is 1. The Hall–Kier alpha value is -4.87. The van der Waals surface area contributed by atoms with Gasteiger partial charge in [0.15, 0.2) is 17.2 Å². The lowest BCUT2D eigenvalue weighted by atomic mass is 9.87. The van der Waals surface area contributed by atoms with E-state index in [9.17, 15) is 9.18 Å². The highest BCUT2D eigenvalue weighted by atomic mass is 19.1. The molecule has 1 amide bonds. The zero-order valence-corrected chi connectivity index (χ0v) is 21.7. The van der Waals surface area contributed by atoms with Crippen LogP contribution in [-0.2, 0) is 0 Å². The van der Waals surface area contributed by atoms with Crippen LogP contribution in [0.2, 0.25) is 0 Å². The molecule has 2 bridgehead atoms. The Balaban J connectivity index is 1.17. The average molecular weight is 540 g/mol. The standard InChI is InChI=1S/C28H26FN9O2/c1-40-24-7-3-15(10-21(24)29)22-6-2-16(12-31-22)20-13-34-38-25(30)11-23(35-27(20)38)17-8-18-4-5-19(9-17)37(18)28(39)26-32-14-33-36-26/h2-3,6-7,10-14,17-19H,4-5,8-9,30H2,1H3,(H,32,33,36)/t17-,18-,19+. The fourth-order valence-electron chi connectivity index (χ4n) is 6.15. The summed E-state index contributed by atoms with van der Waals surface area (Å²) in [6, 6.07) is 10.6. The van der Waals surface area contributed by atoms with E-state index < -0.39 is 5.82 Å². The second-order valence-electron chi connectivity index (χ2n) is 10.3. The Bertz CT molecular complexity index is 1700. The number of benzene rings is 1. The first-order chi connectivity index (χ1) is 19.5. The van der Waals surface area contributed by atoms with Crippen molar-refractivity contribution < 1.29 is 13.9 Å². The summed E-state index contributed by atoms with van der Waals surface area (Å²) in [7, 11) is 1.43. The summed E-state index contributed by atoms with van der Waals surface area (Å²) in [4.78, 5) is 27.4. The van der Waals surface area contributed by atoms with Crippen molar-refractivity contribution in [2.75, 3.05) is 12.8 Å². The number of nitrogens with one attached hydrogen (secondary N) is 1. The van der Waals surface area contributed by atoms with Gasteiger partial charge in [-0.15, -0.1) is 10.2 Å². The van der Waals surface area contributed by atoms with Crippen molar-refractivity contribution in [1.82, 2.24) is 39.7 Å². The summed E-state index contributed by atoms with van der Waals surface area (Å²) in [6.45, 7) is 0. The fraction of sp³-hybridized carbons (Fsp3) is 0.286. The number of piperidine rings is 1. The molecule has 5 aromatic rings. The number of hydrogen-bond acceptors (Lipinski definition) is 8. The number of hydrogen-bond donors (Lipinski definition) is 2. The molecule has 0 unspecified atom stereocenters. The molecule has 6 heterocycles. The monoisotopic (exact) mass is 539 g/mol. The van der Waals surface area contributed by atoms with Crippen molar-refractivity contribution in [3.63, 3.8) is 0 Å². The van der Waals surface area contributed by atoms with Crippen LogP contribution in [0.15, 0.2) is 55.1 Å². The minimum Gasteiger partial charge on any atom is -0.494 e. The number of ether oxygens (including phenoxy) is 1. The lowest BCUT2D eigenvalue weighted by molar-refractivity contribution is 0.0557. The summed E-state index contributed by atoms with van der Waals surface area (Å²) >= 11 is 0. The lowest BCUT2D eigenvalue weighted by Gasteiger charge is -2.38. The number of carbonyl (C=O) groups is 1.